The number of benzene rings is 2. The van der Waals surface area contributed by atoms with Crippen molar-refractivity contribution in [2.45, 2.75) is 4.90 Å². The molecule has 3 aromatic rings. The van der Waals surface area contributed by atoms with E-state index < -0.39 is 10.0 Å². The second kappa shape index (κ2) is 13.8. The molecule has 0 bridgehead atoms. The Hall–Kier alpha value is -2.32. The van der Waals surface area contributed by atoms with Gasteiger partial charge in [-0.3, -0.25) is 9.69 Å². The third-order valence-corrected chi connectivity index (χ3v) is 9.77. The lowest BCUT2D eigenvalue weighted by atomic mass is 10.2. The van der Waals surface area contributed by atoms with Gasteiger partial charge >= 0.3 is 0 Å². The van der Waals surface area contributed by atoms with Gasteiger partial charge in [0, 0.05) is 77.2 Å². The zero-order chi connectivity index (χ0) is 27.8. The Morgan fingerprint density at radius 2 is 1.72 bits per heavy atom. The van der Waals surface area contributed by atoms with E-state index in [9.17, 15) is 13.2 Å². The monoisotopic (exact) mass is 595 g/mol. The Morgan fingerprint density at radius 1 is 1.05 bits per heavy atom. The number of hydrogen-bond acceptors (Lipinski definition) is 9. The Balaban J connectivity index is 1.24. The standard InChI is InChI=1S/C26H34ClN5O5S2/c1-36-17-15-32(16-18-37-2)39(34,35)22-6-3-20(4-7-22)25(33)28-9-10-30-11-13-31(14-12-30)26-29-23-8-5-21(27)19-24(23)38-26/h3-8,19H,9-18H2,1-2H3,(H,28,33). The molecular formula is C26H34ClN5O5S2. The second-order valence-electron chi connectivity index (χ2n) is 9.11. The summed E-state index contributed by atoms with van der Waals surface area (Å²) < 4.78 is 38.6. The fourth-order valence-corrected chi connectivity index (χ4v) is 6.98. The van der Waals surface area contributed by atoms with E-state index in [-0.39, 0.29) is 37.1 Å². The fraction of sp³-hybridized carbons (Fsp3) is 0.462. The molecule has 0 radical (unpaired) electrons. The average Bonchev–Trinajstić information content (AvgIpc) is 3.36. The van der Waals surface area contributed by atoms with Crippen LogP contribution in [0.3, 0.4) is 0 Å². The van der Waals surface area contributed by atoms with Gasteiger partial charge in [-0.05, 0) is 42.5 Å². The molecule has 0 aliphatic carbocycles. The van der Waals surface area contributed by atoms with Crippen LogP contribution < -0.4 is 10.2 Å². The first kappa shape index (κ1) is 29.7. The van der Waals surface area contributed by atoms with Crippen LogP contribution in [-0.4, -0.2) is 108 Å². The van der Waals surface area contributed by atoms with Gasteiger partial charge in [-0.15, -0.1) is 0 Å². The number of piperazine rings is 1. The largest absolute Gasteiger partial charge is 0.383 e. The second-order valence-corrected chi connectivity index (χ2v) is 12.5. The molecule has 39 heavy (non-hydrogen) atoms. The number of carbonyl (C=O) groups is 1. The van der Waals surface area contributed by atoms with E-state index in [1.807, 2.05) is 18.2 Å². The van der Waals surface area contributed by atoms with Crippen molar-refractivity contribution in [3.63, 3.8) is 0 Å². The third kappa shape index (κ3) is 7.66. The zero-order valence-electron chi connectivity index (χ0n) is 22.1. The van der Waals surface area contributed by atoms with E-state index >= 15 is 0 Å². The number of nitrogens with zero attached hydrogens (tertiary/aromatic N) is 4. The van der Waals surface area contributed by atoms with Gasteiger partial charge in [-0.2, -0.15) is 4.31 Å². The predicted octanol–water partition coefficient (Wildman–Crippen LogP) is 2.79. The molecule has 1 saturated heterocycles. The summed E-state index contributed by atoms with van der Waals surface area (Å²) in [5.74, 6) is -0.235. The maximum Gasteiger partial charge on any atom is 0.251 e. The van der Waals surface area contributed by atoms with Crippen molar-refractivity contribution in [3.05, 3.63) is 53.1 Å². The summed E-state index contributed by atoms with van der Waals surface area (Å²) in [6.45, 7) is 5.69. The summed E-state index contributed by atoms with van der Waals surface area (Å²) >= 11 is 7.76. The van der Waals surface area contributed by atoms with Crippen LogP contribution in [0.5, 0.6) is 0 Å². The summed E-state index contributed by atoms with van der Waals surface area (Å²) in [5.41, 5.74) is 1.37. The number of anilines is 1. The number of carbonyl (C=O) groups excluding carboxylic acids is 1. The Morgan fingerprint density at radius 3 is 2.36 bits per heavy atom. The highest BCUT2D eigenvalue weighted by Gasteiger charge is 2.24. The highest BCUT2D eigenvalue weighted by Crippen LogP contribution is 2.31. The first-order valence-electron chi connectivity index (χ1n) is 12.7. The quantitative estimate of drug-likeness (QED) is 0.322. The topological polar surface area (TPSA) is 104 Å². The van der Waals surface area contributed by atoms with E-state index in [4.69, 9.17) is 26.1 Å². The molecule has 2 heterocycles. The van der Waals surface area contributed by atoms with Crippen LogP contribution in [0, 0.1) is 0 Å². The van der Waals surface area contributed by atoms with Crippen molar-refractivity contribution < 1.29 is 22.7 Å². The van der Waals surface area contributed by atoms with Gasteiger partial charge in [0.05, 0.1) is 28.3 Å². The van der Waals surface area contributed by atoms with E-state index in [0.29, 0.717) is 17.1 Å². The lowest BCUT2D eigenvalue weighted by Crippen LogP contribution is -2.48. The van der Waals surface area contributed by atoms with Crippen molar-refractivity contribution in [2.24, 2.45) is 0 Å². The van der Waals surface area contributed by atoms with Gasteiger partial charge in [0.25, 0.3) is 5.91 Å². The lowest BCUT2D eigenvalue weighted by molar-refractivity contribution is 0.0947. The summed E-state index contributed by atoms with van der Waals surface area (Å²) in [4.78, 5) is 22.1. The number of nitrogens with one attached hydrogen (secondary N) is 1. The lowest BCUT2D eigenvalue weighted by Gasteiger charge is -2.34. The van der Waals surface area contributed by atoms with Gasteiger partial charge in [-0.25, -0.2) is 13.4 Å². The molecule has 4 rings (SSSR count). The number of hydrogen-bond donors (Lipinski definition) is 1. The highest BCUT2D eigenvalue weighted by atomic mass is 35.5. The van der Waals surface area contributed by atoms with Gasteiger partial charge in [0.15, 0.2) is 5.13 Å². The normalized spacial score (nSPS) is 14.8. The van der Waals surface area contributed by atoms with E-state index in [1.165, 1.54) is 42.8 Å². The molecule has 13 heteroatoms. The molecule has 0 atom stereocenters. The molecule has 0 saturated carbocycles. The SMILES string of the molecule is COCCN(CCOC)S(=O)(=O)c1ccc(C(=O)NCCN2CCN(c3nc4ccc(Cl)cc4s3)CC2)cc1. The van der Waals surface area contributed by atoms with Crippen LogP contribution in [0.25, 0.3) is 10.2 Å². The van der Waals surface area contributed by atoms with Crippen molar-refractivity contribution in [3.8, 4) is 0 Å². The Labute approximate surface area is 238 Å². The number of rotatable bonds is 13. The van der Waals surface area contributed by atoms with Crippen molar-refractivity contribution >= 4 is 54.2 Å². The van der Waals surface area contributed by atoms with Crippen LogP contribution in [0.2, 0.25) is 5.02 Å². The molecule has 1 amide bonds. The Bertz CT molecular complexity index is 1340. The van der Waals surface area contributed by atoms with E-state index in [1.54, 1.807) is 11.3 Å². The van der Waals surface area contributed by atoms with Crippen LogP contribution in [0.15, 0.2) is 47.4 Å². The minimum atomic E-state index is -3.73. The van der Waals surface area contributed by atoms with E-state index in [0.717, 1.165) is 48.1 Å². The molecule has 1 N–H and O–H groups in total. The van der Waals surface area contributed by atoms with Gasteiger partial charge < -0.3 is 19.7 Å². The summed E-state index contributed by atoms with van der Waals surface area (Å²) in [7, 11) is -0.686. The third-order valence-electron chi connectivity index (χ3n) is 6.54. The molecule has 212 valence electrons. The summed E-state index contributed by atoms with van der Waals surface area (Å²) in [6.07, 6.45) is 0. The molecule has 0 unspecified atom stereocenters. The number of sulfonamides is 1. The maximum atomic E-state index is 13.0. The van der Waals surface area contributed by atoms with Crippen LogP contribution in [0.4, 0.5) is 5.13 Å². The number of methoxy groups -OCH3 is 2. The molecule has 1 fully saturated rings. The highest BCUT2D eigenvalue weighted by molar-refractivity contribution is 7.89. The predicted molar refractivity (Wildman–Crippen MR) is 155 cm³/mol. The minimum Gasteiger partial charge on any atom is -0.383 e. The summed E-state index contributed by atoms with van der Waals surface area (Å²) in [6, 6.07) is 11.8. The fourth-order valence-electron chi connectivity index (χ4n) is 4.28. The van der Waals surface area contributed by atoms with Crippen molar-refractivity contribution in [2.75, 3.05) is 84.7 Å². The first-order chi connectivity index (χ1) is 18.8. The minimum absolute atomic E-state index is 0.125. The van der Waals surface area contributed by atoms with Crippen LogP contribution in [-0.2, 0) is 19.5 Å². The van der Waals surface area contributed by atoms with Gasteiger partial charge in [0.1, 0.15) is 0 Å². The number of ether oxygens (including phenoxy) is 2. The van der Waals surface area contributed by atoms with Crippen LogP contribution >= 0.6 is 22.9 Å². The van der Waals surface area contributed by atoms with Gasteiger partial charge in [0.2, 0.25) is 10.0 Å². The van der Waals surface area contributed by atoms with Crippen LogP contribution in [0.1, 0.15) is 10.4 Å². The molecule has 2 aromatic carbocycles. The Kier molecular flexibility index (Phi) is 10.5. The molecule has 1 aromatic heterocycles. The first-order valence-corrected chi connectivity index (χ1v) is 15.3. The van der Waals surface area contributed by atoms with Gasteiger partial charge in [-0.1, -0.05) is 22.9 Å². The number of halogens is 1. The molecule has 1 aliphatic rings. The maximum absolute atomic E-state index is 13.0. The number of fused-ring (bicyclic) bond motifs is 1. The zero-order valence-corrected chi connectivity index (χ0v) is 24.5. The molecule has 0 spiro atoms. The number of thiazole rings is 1. The molecule has 1 aliphatic heterocycles. The number of aromatic nitrogens is 1. The van der Waals surface area contributed by atoms with Crippen molar-refractivity contribution in [1.82, 2.24) is 19.5 Å². The van der Waals surface area contributed by atoms with E-state index in [2.05, 4.69) is 15.1 Å². The number of amides is 1. The van der Waals surface area contributed by atoms with Crippen molar-refractivity contribution in [1.29, 1.82) is 0 Å². The molecule has 10 nitrogen and oxygen atoms in total. The molecular weight excluding hydrogens is 562 g/mol. The summed E-state index contributed by atoms with van der Waals surface area (Å²) in [5, 5.41) is 4.66. The smallest absolute Gasteiger partial charge is 0.251 e. The average molecular weight is 596 g/mol.